The van der Waals surface area contributed by atoms with Crippen LogP contribution in [0.3, 0.4) is 0 Å². The highest BCUT2D eigenvalue weighted by molar-refractivity contribution is 7.98. The molecule has 2 nitrogen and oxygen atoms in total. The number of hydrogen-bond acceptors (Lipinski definition) is 4. The smallest absolute Gasteiger partial charge is 0.140 e. The van der Waals surface area contributed by atoms with Crippen LogP contribution in [-0.4, -0.2) is 4.98 Å². The minimum Gasteiger partial charge on any atom is -0.486 e. The Morgan fingerprint density at radius 1 is 0.957 bits per heavy atom. The molecule has 0 spiro atoms. The summed E-state index contributed by atoms with van der Waals surface area (Å²) in [6, 6.07) is 12.3. The van der Waals surface area contributed by atoms with E-state index in [4.69, 9.17) is 4.74 Å². The lowest BCUT2D eigenvalue weighted by Gasteiger charge is -2.03. The predicted molar refractivity (Wildman–Crippen MR) is 88.8 cm³/mol. The molecule has 0 bridgehead atoms. The third-order valence-corrected chi connectivity index (χ3v) is 4.89. The molecule has 0 saturated heterocycles. The van der Waals surface area contributed by atoms with Gasteiger partial charge >= 0.3 is 0 Å². The summed E-state index contributed by atoms with van der Waals surface area (Å²) in [4.78, 5) is 5.50. The monoisotopic (exact) mass is 349 g/mol. The molecule has 0 amide bonds. The number of thioether (sulfide) groups is 1. The Hall–Kier alpha value is -1.92. The van der Waals surface area contributed by atoms with E-state index in [0.29, 0.717) is 12.4 Å². The summed E-state index contributed by atoms with van der Waals surface area (Å²) in [7, 11) is 0. The van der Waals surface area contributed by atoms with Crippen LogP contribution >= 0.6 is 23.1 Å². The zero-order valence-corrected chi connectivity index (χ0v) is 13.7. The molecule has 6 heteroatoms. The van der Waals surface area contributed by atoms with Crippen LogP contribution in [0.5, 0.6) is 5.75 Å². The first-order chi connectivity index (χ1) is 11.2. The zero-order chi connectivity index (χ0) is 16.1. The van der Waals surface area contributed by atoms with Crippen LogP contribution in [0.1, 0.15) is 10.7 Å². The molecule has 1 aromatic heterocycles. The second-order valence-corrected chi connectivity index (χ2v) is 6.71. The van der Waals surface area contributed by atoms with Crippen molar-refractivity contribution in [1.82, 2.24) is 4.98 Å². The van der Waals surface area contributed by atoms with Crippen molar-refractivity contribution in [2.45, 2.75) is 17.3 Å². The van der Waals surface area contributed by atoms with E-state index in [2.05, 4.69) is 4.98 Å². The maximum Gasteiger partial charge on any atom is 0.140 e. The lowest BCUT2D eigenvalue weighted by Crippen LogP contribution is -1.95. The van der Waals surface area contributed by atoms with Crippen molar-refractivity contribution >= 4 is 23.1 Å². The Morgan fingerprint density at radius 3 is 2.30 bits per heavy atom. The van der Waals surface area contributed by atoms with Gasteiger partial charge in [0, 0.05) is 16.0 Å². The molecule has 23 heavy (non-hydrogen) atoms. The first kappa shape index (κ1) is 16.0. The molecular formula is C17H13F2NOS2. The SMILES string of the molecule is Fc1ccc(OCc2nc(CSc3ccc(F)cc3)cs2)cc1. The van der Waals surface area contributed by atoms with E-state index >= 15 is 0 Å². The second-order valence-electron chi connectivity index (χ2n) is 4.72. The fourth-order valence-corrected chi connectivity index (χ4v) is 3.45. The van der Waals surface area contributed by atoms with E-state index in [9.17, 15) is 8.78 Å². The number of thiazole rings is 1. The first-order valence-electron chi connectivity index (χ1n) is 6.89. The highest BCUT2D eigenvalue weighted by Crippen LogP contribution is 2.24. The number of benzene rings is 2. The molecule has 1 heterocycles. The normalized spacial score (nSPS) is 10.7. The highest BCUT2D eigenvalue weighted by Gasteiger charge is 2.05. The van der Waals surface area contributed by atoms with Gasteiger partial charge in [-0.15, -0.1) is 23.1 Å². The van der Waals surface area contributed by atoms with Crippen LogP contribution in [0.4, 0.5) is 8.78 Å². The van der Waals surface area contributed by atoms with Crippen molar-refractivity contribution in [3.8, 4) is 5.75 Å². The molecule has 0 aliphatic carbocycles. The van der Waals surface area contributed by atoms with Gasteiger partial charge in [0.15, 0.2) is 0 Å². The van der Waals surface area contributed by atoms with Crippen molar-refractivity contribution in [2.24, 2.45) is 0 Å². The Labute approximate surface area is 141 Å². The van der Waals surface area contributed by atoms with E-state index < -0.39 is 0 Å². The minimum absolute atomic E-state index is 0.233. The van der Waals surface area contributed by atoms with Crippen molar-refractivity contribution in [1.29, 1.82) is 0 Å². The lowest BCUT2D eigenvalue weighted by atomic mass is 10.3. The predicted octanol–water partition coefficient (Wildman–Crippen LogP) is 5.29. The van der Waals surface area contributed by atoms with Crippen molar-refractivity contribution in [3.05, 3.63) is 76.2 Å². The van der Waals surface area contributed by atoms with E-state index in [1.807, 2.05) is 5.38 Å². The van der Waals surface area contributed by atoms with E-state index in [0.717, 1.165) is 21.3 Å². The van der Waals surface area contributed by atoms with Crippen LogP contribution in [0.15, 0.2) is 58.8 Å². The third-order valence-electron chi connectivity index (χ3n) is 2.98. The van der Waals surface area contributed by atoms with Gasteiger partial charge in [0.1, 0.15) is 29.0 Å². The summed E-state index contributed by atoms with van der Waals surface area (Å²) in [5.74, 6) is 0.817. The number of aromatic nitrogens is 1. The summed E-state index contributed by atoms with van der Waals surface area (Å²) in [6.45, 7) is 0.359. The van der Waals surface area contributed by atoms with E-state index in [-0.39, 0.29) is 11.6 Å². The first-order valence-corrected chi connectivity index (χ1v) is 8.75. The van der Waals surface area contributed by atoms with Gasteiger partial charge in [0.25, 0.3) is 0 Å². The van der Waals surface area contributed by atoms with Crippen molar-refractivity contribution in [2.75, 3.05) is 0 Å². The number of nitrogens with zero attached hydrogens (tertiary/aromatic N) is 1. The average molecular weight is 349 g/mol. The summed E-state index contributed by atoms with van der Waals surface area (Å²) in [5, 5.41) is 2.85. The molecule has 0 atom stereocenters. The zero-order valence-electron chi connectivity index (χ0n) is 12.0. The molecule has 0 aliphatic rings. The van der Waals surface area contributed by atoms with Crippen LogP contribution < -0.4 is 4.74 Å². The van der Waals surface area contributed by atoms with Crippen LogP contribution in [0, 0.1) is 11.6 Å². The van der Waals surface area contributed by atoms with Gasteiger partial charge in [-0.05, 0) is 48.5 Å². The second kappa shape index (κ2) is 7.57. The molecule has 0 saturated carbocycles. The maximum absolute atomic E-state index is 12.8. The molecule has 3 rings (SSSR count). The Bertz CT molecular complexity index is 693. The quantitative estimate of drug-likeness (QED) is 0.564. The van der Waals surface area contributed by atoms with Gasteiger partial charge in [-0.2, -0.15) is 0 Å². The van der Waals surface area contributed by atoms with Gasteiger partial charge in [-0.1, -0.05) is 0 Å². The Morgan fingerprint density at radius 2 is 1.61 bits per heavy atom. The highest BCUT2D eigenvalue weighted by atomic mass is 32.2. The number of hydrogen-bond donors (Lipinski definition) is 0. The number of rotatable bonds is 6. The lowest BCUT2D eigenvalue weighted by molar-refractivity contribution is 0.305. The van der Waals surface area contributed by atoms with Crippen LogP contribution in [0.2, 0.25) is 0 Å². The van der Waals surface area contributed by atoms with Gasteiger partial charge in [-0.25, -0.2) is 13.8 Å². The molecular weight excluding hydrogens is 336 g/mol. The molecule has 0 N–H and O–H groups in total. The largest absolute Gasteiger partial charge is 0.486 e. The molecule has 3 aromatic rings. The summed E-state index contributed by atoms with van der Waals surface area (Å²) in [5.41, 5.74) is 0.960. The van der Waals surface area contributed by atoms with Crippen molar-refractivity contribution in [3.63, 3.8) is 0 Å². The van der Waals surface area contributed by atoms with Crippen molar-refractivity contribution < 1.29 is 13.5 Å². The molecule has 0 unspecified atom stereocenters. The average Bonchev–Trinajstić information content (AvgIpc) is 3.02. The Balaban J connectivity index is 1.51. The summed E-state index contributed by atoms with van der Waals surface area (Å²) in [6.07, 6.45) is 0. The molecule has 118 valence electrons. The third kappa shape index (κ3) is 4.77. The standard InChI is InChI=1S/C17H13F2NOS2/c18-12-1-5-15(6-2-12)21-9-17-20-14(11-23-17)10-22-16-7-3-13(19)4-8-16/h1-8,11H,9-10H2. The van der Waals surface area contributed by atoms with E-state index in [1.165, 1.54) is 35.6 Å². The molecule has 0 radical (unpaired) electrons. The van der Waals surface area contributed by atoms with Gasteiger partial charge in [0.05, 0.1) is 5.69 Å². The summed E-state index contributed by atoms with van der Waals surface area (Å²) < 4.78 is 31.2. The maximum atomic E-state index is 12.8. The van der Waals surface area contributed by atoms with E-state index in [1.54, 1.807) is 36.0 Å². The topological polar surface area (TPSA) is 22.1 Å². The van der Waals surface area contributed by atoms with Gasteiger partial charge in [-0.3, -0.25) is 0 Å². The molecule has 0 aliphatic heterocycles. The fourth-order valence-electron chi connectivity index (χ4n) is 1.85. The van der Waals surface area contributed by atoms with Crippen LogP contribution in [-0.2, 0) is 12.4 Å². The minimum atomic E-state index is -0.285. The molecule has 0 fully saturated rings. The number of halogens is 2. The molecule has 2 aromatic carbocycles. The number of ether oxygens (including phenoxy) is 1. The van der Waals surface area contributed by atoms with Crippen LogP contribution in [0.25, 0.3) is 0 Å². The summed E-state index contributed by atoms with van der Waals surface area (Å²) >= 11 is 3.13. The fraction of sp³-hybridized carbons (Fsp3) is 0.118. The van der Waals surface area contributed by atoms with Gasteiger partial charge < -0.3 is 4.74 Å². The Kier molecular flexibility index (Phi) is 5.25. The van der Waals surface area contributed by atoms with Gasteiger partial charge in [0.2, 0.25) is 0 Å².